The Kier molecular flexibility index (Phi) is 5.71. The smallest absolute Gasteiger partial charge is 0.255 e. The molecule has 1 aromatic carbocycles. The normalized spacial score (nSPS) is 18.1. The Hall–Kier alpha value is -2.21. The van der Waals surface area contributed by atoms with Gasteiger partial charge in [-0.1, -0.05) is 0 Å². The van der Waals surface area contributed by atoms with Gasteiger partial charge in [-0.2, -0.15) is 5.10 Å². The van der Waals surface area contributed by atoms with Gasteiger partial charge in [0.1, 0.15) is 5.82 Å². The first-order valence-electron chi connectivity index (χ1n) is 9.20. The molecule has 1 amide bonds. The molecule has 3 rings (SSSR count). The van der Waals surface area contributed by atoms with E-state index >= 15 is 0 Å². The minimum atomic E-state index is -0.298. The van der Waals surface area contributed by atoms with Crippen LogP contribution in [-0.2, 0) is 4.74 Å². The fourth-order valence-electron chi connectivity index (χ4n) is 3.48. The molecule has 2 heterocycles. The molecule has 2 atom stereocenters. The summed E-state index contributed by atoms with van der Waals surface area (Å²) < 4.78 is 20.5. The summed E-state index contributed by atoms with van der Waals surface area (Å²) in [6, 6.07) is 6.15. The Balaban J connectivity index is 1.68. The van der Waals surface area contributed by atoms with E-state index in [4.69, 9.17) is 4.74 Å². The third kappa shape index (κ3) is 4.12. The molecule has 1 aromatic heterocycles. The van der Waals surface area contributed by atoms with Crippen LogP contribution >= 0.6 is 0 Å². The maximum atomic E-state index is 13.1. The largest absolute Gasteiger partial charge is 0.378 e. The highest BCUT2D eigenvalue weighted by Crippen LogP contribution is 2.20. The number of rotatable bonds is 6. The van der Waals surface area contributed by atoms with Crippen LogP contribution in [0.3, 0.4) is 0 Å². The predicted octanol–water partition coefficient (Wildman–Crippen LogP) is 3.71. The van der Waals surface area contributed by atoms with Crippen molar-refractivity contribution >= 4 is 5.91 Å². The summed E-state index contributed by atoms with van der Waals surface area (Å²) in [6.07, 6.45) is 4.43. The average Bonchev–Trinajstić information content (AvgIpc) is 3.21. The summed E-state index contributed by atoms with van der Waals surface area (Å²) in [5, 5.41) is 7.53. The molecule has 1 N–H and O–H groups in total. The fourth-order valence-corrected chi connectivity index (χ4v) is 3.48. The van der Waals surface area contributed by atoms with Gasteiger partial charge in [0.25, 0.3) is 5.91 Å². The van der Waals surface area contributed by atoms with E-state index in [1.54, 1.807) is 16.8 Å². The summed E-state index contributed by atoms with van der Waals surface area (Å²) in [6.45, 7) is 6.54. The quantitative estimate of drug-likeness (QED) is 0.855. The zero-order valence-corrected chi connectivity index (χ0v) is 15.6. The van der Waals surface area contributed by atoms with Crippen LogP contribution in [0.2, 0.25) is 0 Å². The Morgan fingerprint density at radius 2 is 2.12 bits per heavy atom. The highest BCUT2D eigenvalue weighted by atomic mass is 19.1. The zero-order chi connectivity index (χ0) is 18.7. The van der Waals surface area contributed by atoms with Crippen molar-refractivity contribution in [2.45, 2.75) is 58.6 Å². The van der Waals surface area contributed by atoms with E-state index < -0.39 is 0 Å². The molecule has 5 nitrogen and oxygen atoms in total. The molecule has 0 spiro atoms. The molecule has 26 heavy (non-hydrogen) atoms. The Morgan fingerprint density at radius 3 is 2.77 bits per heavy atom. The molecule has 1 fully saturated rings. The van der Waals surface area contributed by atoms with Crippen LogP contribution in [0.4, 0.5) is 4.39 Å². The van der Waals surface area contributed by atoms with Crippen LogP contribution in [0.5, 0.6) is 0 Å². The van der Waals surface area contributed by atoms with Crippen LogP contribution in [0, 0.1) is 19.7 Å². The van der Waals surface area contributed by atoms with Gasteiger partial charge in [-0.25, -0.2) is 9.07 Å². The number of amides is 1. The van der Waals surface area contributed by atoms with Crippen LogP contribution in [0.1, 0.15) is 54.4 Å². The van der Waals surface area contributed by atoms with Crippen LogP contribution in [-0.4, -0.2) is 34.4 Å². The molecule has 1 aliphatic rings. The molecule has 6 heteroatoms. The van der Waals surface area contributed by atoms with Gasteiger partial charge in [0.2, 0.25) is 0 Å². The lowest BCUT2D eigenvalue weighted by Gasteiger charge is -2.16. The fraction of sp³-hybridized carbons (Fsp3) is 0.500. The minimum absolute atomic E-state index is 0.0691. The molecule has 0 saturated carbocycles. The van der Waals surface area contributed by atoms with E-state index in [2.05, 4.69) is 10.4 Å². The van der Waals surface area contributed by atoms with Gasteiger partial charge >= 0.3 is 0 Å². The summed E-state index contributed by atoms with van der Waals surface area (Å²) in [5.74, 6) is -0.415. The Labute approximate surface area is 153 Å². The number of halogens is 1. The molecular weight excluding hydrogens is 333 g/mol. The highest BCUT2D eigenvalue weighted by molar-refractivity contribution is 5.96. The van der Waals surface area contributed by atoms with Gasteiger partial charge in [-0.15, -0.1) is 0 Å². The second kappa shape index (κ2) is 7.99. The Bertz CT molecular complexity index is 764. The van der Waals surface area contributed by atoms with E-state index in [1.165, 1.54) is 12.1 Å². The maximum absolute atomic E-state index is 13.1. The third-order valence-corrected chi connectivity index (χ3v) is 4.91. The van der Waals surface area contributed by atoms with Gasteiger partial charge in [0, 0.05) is 12.6 Å². The van der Waals surface area contributed by atoms with Gasteiger partial charge in [0.05, 0.1) is 28.7 Å². The second-order valence-electron chi connectivity index (χ2n) is 7.02. The summed E-state index contributed by atoms with van der Waals surface area (Å²) >= 11 is 0. The number of carbonyl (C=O) groups excluding carboxylic acids is 1. The Morgan fingerprint density at radius 1 is 1.38 bits per heavy atom. The van der Waals surface area contributed by atoms with Crippen molar-refractivity contribution in [3.63, 3.8) is 0 Å². The van der Waals surface area contributed by atoms with E-state index in [9.17, 15) is 9.18 Å². The molecule has 0 radical (unpaired) electrons. The molecule has 0 bridgehead atoms. The summed E-state index contributed by atoms with van der Waals surface area (Å²) in [4.78, 5) is 12.7. The number of nitrogens with one attached hydrogen (secondary N) is 1. The van der Waals surface area contributed by atoms with E-state index in [-0.39, 0.29) is 17.8 Å². The molecular formula is C20H26FN3O2. The van der Waals surface area contributed by atoms with Gasteiger partial charge < -0.3 is 10.1 Å². The van der Waals surface area contributed by atoms with Gasteiger partial charge in [-0.3, -0.25) is 4.79 Å². The highest BCUT2D eigenvalue weighted by Gasteiger charge is 2.22. The molecule has 140 valence electrons. The zero-order valence-electron chi connectivity index (χ0n) is 15.6. The summed E-state index contributed by atoms with van der Waals surface area (Å²) in [5.41, 5.74) is 2.73. The first kappa shape index (κ1) is 18.6. The molecule has 1 saturated heterocycles. The molecule has 0 aliphatic carbocycles. The monoisotopic (exact) mass is 359 g/mol. The number of nitrogens with zero attached hydrogens (tertiary/aromatic N) is 2. The molecule has 1 aliphatic heterocycles. The molecule has 0 unspecified atom stereocenters. The van der Waals surface area contributed by atoms with E-state index in [0.29, 0.717) is 17.4 Å². The number of carbonyl (C=O) groups is 1. The number of aryl methyl sites for hydroxylation is 1. The molecule has 2 aromatic rings. The SMILES string of the molecule is Cc1nn(-c2ccc(F)cc2)c(C)c1C(=O)N[C@@H](C)CC[C@H]1CCCO1. The lowest BCUT2D eigenvalue weighted by atomic mass is 10.1. The minimum Gasteiger partial charge on any atom is -0.378 e. The number of hydrogen-bond acceptors (Lipinski definition) is 3. The van der Waals surface area contributed by atoms with Gasteiger partial charge in [-0.05, 0) is 70.7 Å². The van der Waals surface area contributed by atoms with Crippen molar-refractivity contribution in [3.05, 3.63) is 47.0 Å². The number of ether oxygens (including phenoxy) is 1. The van der Waals surface area contributed by atoms with Crippen LogP contribution < -0.4 is 5.32 Å². The number of benzene rings is 1. The first-order valence-corrected chi connectivity index (χ1v) is 9.20. The lowest BCUT2D eigenvalue weighted by molar-refractivity contribution is 0.0898. The van der Waals surface area contributed by atoms with Crippen LogP contribution in [0.25, 0.3) is 5.69 Å². The van der Waals surface area contributed by atoms with Crippen molar-refractivity contribution in [3.8, 4) is 5.69 Å². The number of aromatic nitrogens is 2. The van der Waals surface area contributed by atoms with Crippen molar-refractivity contribution < 1.29 is 13.9 Å². The average molecular weight is 359 g/mol. The lowest BCUT2D eigenvalue weighted by Crippen LogP contribution is -2.33. The van der Waals surface area contributed by atoms with E-state index in [0.717, 1.165) is 43.7 Å². The standard InChI is InChI=1S/C20H26FN3O2/c1-13(6-11-18-5-4-12-26-18)22-20(25)19-14(2)23-24(15(19)3)17-9-7-16(21)8-10-17/h7-10,13,18H,4-6,11-12H2,1-3H3,(H,22,25)/t13-,18+/m0/s1. The van der Waals surface area contributed by atoms with Crippen LogP contribution in [0.15, 0.2) is 24.3 Å². The van der Waals surface area contributed by atoms with Crippen molar-refractivity contribution in [2.75, 3.05) is 6.61 Å². The topological polar surface area (TPSA) is 56.2 Å². The maximum Gasteiger partial charge on any atom is 0.255 e. The first-order chi connectivity index (χ1) is 12.5. The van der Waals surface area contributed by atoms with E-state index in [1.807, 2.05) is 20.8 Å². The third-order valence-electron chi connectivity index (χ3n) is 4.91. The number of hydrogen-bond donors (Lipinski definition) is 1. The van der Waals surface area contributed by atoms with Crippen molar-refractivity contribution in [1.82, 2.24) is 15.1 Å². The summed E-state index contributed by atoms with van der Waals surface area (Å²) in [7, 11) is 0. The van der Waals surface area contributed by atoms with Crippen molar-refractivity contribution in [2.24, 2.45) is 0 Å². The van der Waals surface area contributed by atoms with Crippen molar-refractivity contribution in [1.29, 1.82) is 0 Å². The van der Waals surface area contributed by atoms with Gasteiger partial charge in [0.15, 0.2) is 0 Å². The second-order valence-corrected chi connectivity index (χ2v) is 7.02. The predicted molar refractivity (Wildman–Crippen MR) is 98.1 cm³/mol.